The summed E-state index contributed by atoms with van der Waals surface area (Å²) in [7, 11) is 0. The van der Waals surface area contributed by atoms with Gasteiger partial charge in [-0.2, -0.15) is 0 Å². The molecule has 12 heavy (non-hydrogen) atoms. The van der Waals surface area contributed by atoms with Crippen molar-refractivity contribution in [2.24, 2.45) is 0 Å². The molecule has 4 nitrogen and oxygen atoms in total. The quantitative estimate of drug-likeness (QED) is 0.563. The average molecular weight is 163 g/mol. The molecule has 1 saturated heterocycles. The first-order chi connectivity index (χ1) is 5.95. The zero-order chi connectivity index (χ0) is 8.23. The van der Waals surface area contributed by atoms with Crippen molar-refractivity contribution in [2.75, 3.05) is 18.4 Å². The lowest BCUT2D eigenvalue weighted by atomic mass is 10.5. The van der Waals surface area contributed by atoms with Crippen LogP contribution in [0.25, 0.3) is 0 Å². The van der Waals surface area contributed by atoms with Gasteiger partial charge in [0.15, 0.2) is 0 Å². The second-order valence-electron chi connectivity index (χ2n) is 2.62. The van der Waals surface area contributed by atoms with Gasteiger partial charge in [0.25, 0.3) is 0 Å². The zero-order valence-corrected chi connectivity index (χ0v) is 6.67. The molecular formula is C8H11N4. The molecule has 0 bridgehead atoms. The van der Waals surface area contributed by atoms with Gasteiger partial charge in [0.1, 0.15) is 12.1 Å². The number of nitrogens with one attached hydrogen (secondary N) is 3. The molecule has 0 unspecified atom stereocenters. The Balaban J connectivity index is 1.94. The summed E-state index contributed by atoms with van der Waals surface area (Å²) in [5.41, 5.74) is 0. The van der Waals surface area contributed by atoms with Crippen LogP contribution < -0.4 is 16.0 Å². The Labute approximate surface area is 71.4 Å². The Morgan fingerprint density at radius 1 is 1.50 bits per heavy atom. The molecule has 0 amide bonds. The van der Waals surface area contributed by atoms with Crippen LogP contribution in [0, 0.1) is 6.07 Å². The number of aromatic nitrogens is 1. The Bertz CT molecular complexity index is 230. The minimum atomic E-state index is 0.135. The standard InChI is InChI=1S/C8H11N4/c1-2-4-9-7(3-1)12-8-10-5-6-11-8/h1-2,4,8,10-11H,5-6H2,(H,9,12). The predicted octanol–water partition coefficient (Wildman–Crippen LogP) is -0.230. The van der Waals surface area contributed by atoms with E-state index < -0.39 is 0 Å². The molecule has 1 aliphatic heterocycles. The zero-order valence-electron chi connectivity index (χ0n) is 6.67. The first kappa shape index (κ1) is 7.52. The molecule has 1 radical (unpaired) electrons. The third-order valence-corrected chi connectivity index (χ3v) is 1.71. The Morgan fingerprint density at radius 2 is 2.33 bits per heavy atom. The van der Waals surface area contributed by atoms with Gasteiger partial charge in [-0.15, -0.1) is 0 Å². The van der Waals surface area contributed by atoms with Crippen LogP contribution in [-0.4, -0.2) is 24.4 Å². The van der Waals surface area contributed by atoms with Gasteiger partial charge in [-0.25, -0.2) is 4.98 Å². The van der Waals surface area contributed by atoms with Crippen molar-refractivity contribution >= 4 is 5.82 Å². The van der Waals surface area contributed by atoms with E-state index in [0.29, 0.717) is 0 Å². The third kappa shape index (κ3) is 1.72. The van der Waals surface area contributed by atoms with E-state index in [9.17, 15) is 0 Å². The highest BCUT2D eigenvalue weighted by Crippen LogP contribution is 1.99. The average Bonchev–Trinajstić information content (AvgIpc) is 2.59. The molecule has 1 fully saturated rings. The summed E-state index contributed by atoms with van der Waals surface area (Å²) < 4.78 is 0. The van der Waals surface area contributed by atoms with E-state index in [1.54, 1.807) is 6.20 Å². The lowest BCUT2D eigenvalue weighted by Crippen LogP contribution is -2.39. The molecule has 0 aromatic carbocycles. The van der Waals surface area contributed by atoms with Crippen molar-refractivity contribution in [3.05, 3.63) is 24.4 Å². The van der Waals surface area contributed by atoms with Gasteiger partial charge in [0, 0.05) is 25.4 Å². The highest BCUT2D eigenvalue weighted by Gasteiger charge is 2.11. The second kappa shape index (κ2) is 3.51. The van der Waals surface area contributed by atoms with Crippen LogP contribution >= 0.6 is 0 Å². The summed E-state index contributed by atoms with van der Waals surface area (Å²) in [4.78, 5) is 4.10. The summed E-state index contributed by atoms with van der Waals surface area (Å²) in [5, 5.41) is 9.60. The van der Waals surface area contributed by atoms with Crippen LogP contribution in [0.3, 0.4) is 0 Å². The van der Waals surface area contributed by atoms with E-state index in [-0.39, 0.29) is 6.29 Å². The Morgan fingerprint density at radius 3 is 3.00 bits per heavy atom. The molecule has 2 heterocycles. The maximum atomic E-state index is 4.10. The van der Waals surface area contributed by atoms with Crippen LogP contribution in [0.5, 0.6) is 0 Å². The Kier molecular flexibility index (Phi) is 2.20. The van der Waals surface area contributed by atoms with E-state index in [2.05, 4.69) is 27.0 Å². The van der Waals surface area contributed by atoms with Gasteiger partial charge in [0.05, 0.1) is 0 Å². The molecule has 4 heteroatoms. The first-order valence-electron chi connectivity index (χ1n) is 4.01. The highest BCUT2D eigenvalue weighted by atomic mass is 15.3. The number of rotatable bonds is 2. The highest BCUT2D eigenvalue weighted by molar-refractivity contribution is 5.32. The van der Waals surface area contributed by atoms with Crippen molar-refractivity contribution < 1.29 is 0 Å². The Hall–Kier alpha value is -1.13. The predicted molar refractivity (Wildman–Crippen MR) is 46.5 cm³/mol. The molecule has 2 rings (SSSR count). The molecule has 1 aromatic heterocycles. The van der Waals surface area contributed by atoms with Gasteiger partial charge in [-0.05, 0) is 12.1 Å². The number of anilines is 1. The molecular weight excluding hydrogens is 152 g/mol. The van der Waals surface area contributed by atoms with Gasteiger partial charge in [-0.1, -0.05) is 0 Å². The minimum Gasteiger partial charge on any atom is -0.342 e. The van der Waals surface area contributed by atoms with Crippen molar-refractivity contribution in [1.29, 1.82) is 0 Å². The van der Waals surface area contributed by atoms with Crippen LogP contribution in [-0.2, 0) is 0 Å². The fourth-order valence-electron chi connectivity index (χ4n) is 1.15. The van der Waals surface area contributed by atoms with Gasteiger partial charge in [-0.3, -0.25) is 10.6 Å². The van der Waals surface area contributed by atoms with E-state index in [1.165, 1.54) is 0 Å². The van der Waals surface area contributed by atoms with Crippen LogP contribution in [0.15, 0.2) is 18.3 Å². The fourth-order valence-corrected chi connectivity index (χ4v) is 1.15. The van der Waals surface area contributed by atoms with Crippen molar-refractivity contribution in [1.82, 2.24) is 15.6 Å². The number of nitrogens with zero attached hydrogens (tertiary/aromatic N) is 1. The third-order valence-electron chi connectivity index (χ3n) is 1.71. The summed E-state index contributed by atoms with van der Waals surface area (Å²) in [6.45, 7) is 1.98. The second-order valence-corrected chi connectivity index (χ2v) is 2.62. The number of hydrogen-bond donors (Lipinski definition) is 3. The van der Waals surface area contributed by atoms with Gasteiger partial charge in [0.2, 0.25) is 0 Å². The lowest BCUT2D eigenvalue weighted by molar-refractivity contribution is 0.618. The summed E-state index contributed by atoms with van der Waals surface area (Å²) in [5.74, 6) is 0.768. The number of pyridine rings is 1. The normalized spacial score (nSPS) is 18.0. The van der Waals surface area contributed by atoms with Crippen molar-refractivity contribution in [3.8, 4) is 0 Å². The van der Waals surface area contributed by atoms with Gasteiger partial charge >= 0.3 is 0 Å². The SMILES string of the molecule is [c]1cccnc1NC1NCCN1. The van der Waals surface area contributed by atoms with Gasteiger partial charge < -0.3 is 5.32 Å². The molecule has 0 spiro atoms. The fraction of sp³-hybridized carbons (Fsp3) is 0.375. The number of hydrogen-bond acceptors (Lipinski definition) is 4. The molecule has 0 aliphatic carbocycles. The molecule has 1 aliphatic rings. The molecule has 3 N–H and O–H groups in total. The summed E-state index contributed by atoms with van der Waals surface area (Å²) >= 11 is 0. The largest absolute Gasteiger partial charge is 0.342 e. The van der Waals surface area contributed by atoms with Crippen molar-refractivity contribution in [3.63, 3.8) is 0 Å². The smallest absolute Gasteiger partial charge is 0.136 e. The molecule has 0 atom stereocenters. The molecule has 1 aromatic rings. The van der Waals surface area contributed by atoms with Crippen molar-refractivity contribution in [2.45, 2.75) is 6.29 Å². The lowest BCUT2D eigenvalue weighted by Gasteiger charge is -2.12. The van der Waals surface area contributed by atoms with Crippen LogP contribution in [0.1, 0.15) is 0 Å². The van der Waals surface area contributed by atoms with Crippen LogP contribution in [0.4, 0.5) is 5.82 Å². The molecule has 0 saturated carbocycles. The topological polar surface area (TPSA) is 49.0 Å². The van der Waals surface area contributed by atoms with Crippen LogP contribution in [0.2, 0.25) is 0 Å². The minimum absolute atomic E-state index is 0.135. The summed E-state index contributed by atoms with van der Waals surface area (Å²) in [6.07, 6.45) is 1.88. The maximum absolute atomic E-state index is 4.10. The maximum Gasteiger partial charge on any atom is 0.136 e. The summed E-state index contributed by atoms with van der Waals surface area (Å²) in [6, 6.07) is 6.68. The van der Waals surface area contributed by atoms with E-state index in [0.717, 1.165) is 18.9 Å². The van der Waals surface area contributed by atoms with E-state index in [1.807, 2.05) is 12.1 Å². The first-order valence-corrected chi connectivity index (χ1v) is 4.01. The van der Waals surface area contributed by atoms with E-state index in [4.69, 9.17) is 0 Å². The molecule has 63 valence electrons. The monoisotopic (exact) mass is 163 g/mol. The van der Waals surface area contributed by atoms with E-state index >= 15 is 0 Å².